The molecule has 0 aromatic carbocycles. The van der Waals surface area contributed by atoms with Gasteiger partial charge in [0, 0.05) is 0 Å². The zero-order chi connectivity index (χ0) is 11.2. The number of unbranched alkanes of at least 4 members (excludes halogenated alkanes) is 1. The minimum atomic E-state index is -3.34. The zero-order valence-electron chi connectivity index (χ0n) is 9.54. The van der Waals surface area contributed by atoms with Crippen LogP contribution >= 0.6 is 0 Å². The second kappa shape index (κ2) is 5.71. The first-order valence-corrected chi connectivity index (χ1v) is 7.11. The van der Waals surface area contributed by atoms with Gasteiger partial charge in [0.1, 0.15) is 0 Å². The second-order valence-corrected chi connectivity index (χ2v) is 5.73. The summed E-state index contributed by atoms with van der Waals surface area (Å²) in [6.45, 7) is 6.21. The maximum atomic E-state index is 11.1. The van der Waals surface area contributed by atoms with Crippen molar-refractivity contribution in [1.29, 1.82) is 0 Å². The molecular formula is C10H23NO2S. The highest BCUT2D eigenvalue weighted by molar-refractivity contribution is 7.89. The molecule has 0 rings (SSSR count). The van der Waals surface area contributed by atoms with Crippen molar-refractivity contribution in [3.8, 4) is 0 Å². The highest BCUT2D eigenvalue weighted by atomic mass is 32.2. The molecule has 0 unspecified atom stereocenters. The van der Waals surface area contributed by atoms with Gasteiger partial charge >= 0.3 is 0 Å². The molecule has 0 saturated heterocycles. The summed E-state index contributed by atoms with van der Waals surface area (Å²) in [7, 11) is -3.34. The first-order valence-electron chi connectivity index (χ1n) is 5.39. The van der Waals surface area contributed by atoms with Crippen molar-refractivity contribution in [1.82, 2.24) is 0 Å². The van der Waals surface area contributed by atoms with Crippen molar-refractivity contribution >= 4 is 10.0 Å². The molecule has 0 atom stereocenters. The van der Waals surface area contributed by atoms with Gasteiger partial charge in [0.15, 0.2) is 0 Å². The Morgan fingerprint density at radius 3 is 1.93 bits per heavy atom. The lowest BCUT2D eigenvalue weighted by Crippen LogP contribution is -2.32. The number of sulfonamides is 1. The zero-order valence-corrected chi connectivity index (χ0v) is 10.4. The predicted molar refractivity (Wildman–Crippen MR) is 60.5 cm³/mol. The maximum Gasteiger partial charge on any atom is 0.209 e. The quantitative estimate of drug-likeness (QED) is 0.717. The van der Waals surface area contributed by atoms with Crippen molar-refractivity contribution in [2.75, 3.05) is 5.75 Å². The van der Waals surface area contributed by atoms with E-state index >= 15 is 0 Å². The van der Waals surface area contributed by atoms with Gasteiger partial charge in [0.05, 0.1) is 5.75 Å². The topological polar surface area (TPSA) is 60.2 Å². The van der Waals surface area contributed by atoms with Gasteiger partial charge in [-0.1, -0.05) is 33.6 Å². The Kier molecular flexibility index (Phi) is 5.67. The second-order valence-electron chi connectivity index (χ2n) is 4.12. The molecule has 0 aliphatic carbocycles. The molecular weight excluding hydrogens is 198 g/mol. The van der Waals surface area contributed by atoms with Gasteiger partial charge < -0.3 is 0 Å². The molecule has 2 N–H and O–H groups in total. The SMILES string of the molecule is CCCCC(CC)(CC)CS(N)(=O)=O. The molecule has 0 amide bonds. The summed E-state index contributed by atoms with van der Waals surface area (Å²) < 4.78 is 22.2. The van der Waals surface area contributed by atoms with Crippen molar-refractivity contribution in [2.24, 2.45) is 10.6 Å². The standard InChI is InChI=1S/C10H23NO2S/c1-4-7-8-10(5-2,6-3)9-14(11,12)13/h4-9H2,1-3H3,(H2,11,12,13). The third kappa shape index (κ3) is 4.96. The van der Waals surface area contributed by atoms with Gasteiger partial charge in [-0.05, 0) is 24.7 Å². The minimum Gasteiger partial charge on any atom is -0.229 e. The van der Waals surface area contributed by atoms with E-state index in [9.17, 15) is 8.42 Å². The summed E-state index contributed by atoms with van der Waals surface area (Å²) in [5.41, 5.74) is -0.0937. The van der Waals surface area contributed by atoms with Crippen LogP contribution in [0.3, 0.4) is 0 Å². The molecule has 14 heavy (non-hydrogen) atoms. The number of hydrogen-bond acceptors (Lipinski definition) is 2. The summed E-state index contributed by atoms with van der Waals surface area (Å²) in [6, 6.07) is 0. The highest BCUT2D eigenvalue weighted by Gasteiger charge is 2.29. The Hall–Kier alpha value is -0.0900. The van der Waals surface area contributed by atoms with Crippen LogP contribution in [-0.2, 0) is 10.0 Å². The van der Waals surface area contributed by atoms with E-state index in [1.807, 2.05) is 13.8 Å². The largest absolute Gasteiger partial charge is 0.229 e. The molecule has 0 aliphatic heterocycles. The molecule has 0 saturated carbocycles. The van der Waals surface area contributed by atoms with Gasteiger partial charge in [0.2, 0.25) is 10.0 Å². The number of hydrogen-bond donors (Lipinski definition) is 1. The normalized spacial score (nSPS) is 13.1. The Labute approximate surface area is 88.1 Å². The Morgan fingerprint density at radius 1 is 1.14 bits per heavy atom. The third-order valence-corrected chi connectivity index (χ3v) is 4.08. The van der Waals surface area contributed by atoms with Crippen LogP contribution in [0.25, 0.3) is 0 Å². The van der Waals surface area contributed by atoms with Gasteiger partial charge in [-0.15, -0.1) is 0 Å². The van der Waals surface area contributed by atoms with Gasteiger partial charge in [-0.3, -0.25) is 0 Å². The highest BCUT2D eigenvalue weighted by Crippen LogP contribution is 2.33. The first kappa shape index (κ1) is 13.9. The molecule has 0 radical (unpaired) electrons. The lowest BCUT2D eigenvalue weighted by atomic mass is 9.80. The van der Waals surface area contributed by atoms with E-state index in [-0.39, 0.29) is 11.2 Å². The van der Waals surface area contributed by atoms with Gasteiger partial charge in [-0.25, -0.2) is 13.6 Å². The first-order chi connectivity index (χ1) is 6.39. The minimum absolute atomic E-state index is 0.0937. The molecule has 0 bridgehead atoms. The molecule has 0 aromatic rings. The fraction of sp³-hybridized carbons (Fsp3) is 1.00. The maximum absolute atomic E-state index is 11.1. The number of rotatable bonds is 7. The molecule has 0 aliphatic rings. The van der Waals surface area contributed by atoms with Crippen LogP contribution in [0.1, 0.15) is 52.9 Å². The average molecular weight is 221 g/mol. The van der Waals surface area contributed by atoms with Crippen LogP contribution in [0.5, 0.6) is 0 Å². The molecule has 0 heterocycles. The van der Waals surface area contributed by atoms with E-state index in [2.05, 4.69) is 6.92 Å². The van der Waals surface area contributed by atoms with Crippen molar-refractivity contribution < 1.29 is 8.42 Å². The summed E-state index contributed by atoms with van der Waals surface area (Å²) in [5, 5.41) is 5.12. The molecule has 0 aromatic heterocycles. The fourth-order valence-corrected chi connectivity index (χ4v) is 3.26. The summed E-state index contributed by atoms with van der Waals surface area (Å²) >= 11 is 0. The lowest BCUT2D eigenvalue weighted by molar-refractivity contribution is 0.267. The fourth-order valence-electron chi connectivity index (χ4n) is 1.86. The Balaban J connectivity index is 4.53. The molecule has 0 fully saturated rings. The summed E-state index contributed by atoms with van der Waals surface area (Å²) in [6.07, 6.45) is 4.93. The van der Waals surface area contributed by atoms with Crippen molar-refractivity contribution in [3.05, 3.63) is 0 Å². The number of primary sulfonamides is 1. The van der Waals surface area contributed by atoms with Crippen LogP contribution in [-0.4, -0.2) is 14.2 Å². The van der Waals surface area contributed by atoms with E-state index in [4.69, 9.17) is 5.14 Å². The van der Waals surface area contributed by atoms with Crippen molar-refractivity contribution in [2.45, 2.75) is 52.9 Å². The number of nitrogens with two attached hydrogens (primary N) is 1. The Bertz CT molecular complexity index is 243. The van der Waals surface area contributed by atoms with E-state index in [0.717, 1.165) is 32.1 Å². The van der Waals surface area contributed by atoms with Crippen LogP contribution in [0, 0.1) is 5.41 Å². The van der Waals surface area contributed by atoms with Gasteiger partial charge in [-0.2, -0.15) is 0 Å². The van der Waals surface area contributed by atoms with E-state index in [1.54, 1.807) is 0 Å². The monoisotopic (exact) mass is 221 g/mol. The molecule has 86 valence electrons. The van der Waals surface area contributed by atoms with E-state index in [1.165, 1.54) is 0 Å². The van der Waals surface area contributed by atoms with Crippen LogP contribution in [0.15, 0.2) is 0 Å². The van der Waals surface area contributed by atoms with Crippen LogP contribution in [0.4, 0.5) is 0 Å². The van der Waals surface area contributed by atoms with Crippen molar-refractivity contribution in [3.63, 3.8) is 0 Å². The average Bonchev–Trinajstić information content (AvgIpc) is 2.10. The summed E-state index contributed by atoms with van der Waals surface area (Å²) in [4.78, 5) is 0. The molecule has 4 heteroatoms. The predicted octanol–water partition coefficient (Wildman–Crippen LogP) is 2.27. The summed E-state index contributed by atoms with van der Waals surface area (Å²) in [5.74, 6) is 0.132. The van der Waals surface area contributed by atoms with E-state index < -0.39 is 10.0 Å². The smallest absolute Gasteiger partial charge is 0.209 e. The van der Waals surface area contributed by atoms with Gasteiger partial charge in [0.25, 0.3) is 0 Å². The lowest BCUT2D eigenvalue weighted by Gasteiger charge is -2.30. The molecule has 3 nitrogen and oxygen atoms in total. The van der Waals surface area contributed by atoms with E-state index in [0.29, 0.717) is 0 Å². The Morgan fingerprint density at radius 2 is 1.64 bits per heavy atom. The molecule has 0 spiro atoms. The third-order valence-electron chi connectivity index (χ3n) is 3.07. The van der Waals surface area contributed by atoms with Crippen LogP contribution in [0.2, 0.25) is 0 Å². The van der Waals surface area contributed by atoms with Crippen LogP contribution < -0.4 is 5.14 Å².